The lowest BCUT2D eigenvalue weighted by molar-refractivity contribution is -0.137. The summed E-state index contributed by atoms with van der Waals surface area (Å²) in [5.74, 6) is -0.791. The predicted molar refractivity (Wildman–Crippen MR) is 128 cm³/mol. The van der Waals surface area contributed by atoms with Gasteiger partial charge in [-0.25, -0.2) is 0 Å². The number of aliphatic hydroxyl groups excluding tert-OH is 2. The summed E-state index contributed by atoms with van der Waals surface area (Å²) in [6, 6.07) is 8.19. The monoisotopic (exact) mass is 464 g/mol. The lowest BCUT2D eigenvalue weighted by Crippen LogP contribution is -2.19. The van der Waals surface area contributed by atoms with E-state index in [1.807, 2.05) is 37.3 Å². The van der Waals surface area contributed by atoms with E-state index in [-0.39, 0.29) is 23.6 Å². The van der Waals surface area contributed by atoms with Crippen LogP contribution in [0.5, 0.6) is 0 Å². The zero-order valence-corrected chi connectivity index (χ0v) is 19.7. The fourth-order valence-electron chi connectivity index (χ4n) is 4.22. The van der Waals surface area contributed by atoms with Gasteiger partial charge in [-0.05, 0) is 56.1 Å². The highest BCUT2D eigenvalue weighted by atomic mass is 35.5. The van der Waals surface area contributed by atoms with Gasteiger partial charge in [0.25, 0.3) is 0 Å². The molecule has 1 aliphatic carbocycles. The first kappa shape index (κ1) is 26.6. The fraction of sp³-hybridized carbons (Fsp3) is 0.577. The van der Waals surface area contributed by atoms with Gasteiger partial charge in [0.1, 0.15) is 0 Å². The summed E-state index contributed by atoms with van der Waals surface area (Å²) < 4.78 is 5.42. The topological polar surface area (TPSA) is 87.0 Å². The third-order valence-electron chi connectivity index (χ3n) is 5.94. The zero-order chi connectivity index (χ0) is 23.3. The minimum Gasteiger partial charge on any atom is -0.481 e. The number of hydrogen-bond donors (Lipinski definition) is 3. The first-order valence-corrected chi connectivity index (χ1v) is 12.0. The Morgan fingerprint density at radius 3 is 2.84 bits per heavy atom. The Bertz CT molecular complexity index is 747. The molecule has 0 amide bonds. The molecule has 1 aromatic rings. The SMILES string of the molecule is CCOCCc1cccc(C[C@H](O)/C=C/[C@@H]2[C@@H](C/C=C\CCCC(=O)O)[C@H](Cl)C[C@H]2O)c1. The number of hydrogen-bond acceptors (Lipinski definition) is 4. The molecule has 0 aromatic heterocycles. The number of benzene rings is 1. The van der Waals surface area contributed by atoms with Crippen LogP contribution in [0.2, 0.25) is 0 Å². The second kappa shape index (κ2) is 14.5. The molecule has 178 valence electrons. The number of carbonyl (C=O) groups is 1. The number of halogens is 1. The largest absolute Gasteiger partial charge is 0.481 e. The molecule has 5 atom stereocenters. The number of rotatable bonds is 14. The van der Waals surface area contributed by atoms with Gasteiger partial charge in [-0.15, -0.1) is 11.6 Å². The standard InChI is InChI=1S/C26H37ClO5/c1-2-32-15-14-19-8-7-9-20(16-19)17-21(28)12-13-23-22(24(27)18-25(23)29)10-5-3-4-6-11-26(30)31/h3,5,7-9,12-13,16,21-25,28-29H,2,4,6,10-11,14-15,17-18H2,1H3,(H,30,31)/b5-3-,13-12+/t21-,22-,23-,24-,25-/m1/s1. The molecule has 1 aliphatic rings. The van der Waals surface area contributed by atoms with Crippen LogP contribution in [0.1, 0.15) is 50.2 Å². The lowest BCUT2D eigenvalue weighted by atomic mass is 9.90. The highest BCUT2D eigenvalue weighted by Gasteiger charge is 2.39. The third-order valence-corrected chi connectivity index (χ3v) is 6.44. The summed E-state index contributed by atoms with van der Waals surface area (Å²) in [5, 5.41) is 29.6. The smallest absolute Gasteiger partial charge is 0.303 e. The first-order valence-electron chi connectivity index (χ1n) is 11.6. The van der Waals surface area contributed by atoms with Crippen molar-refractivity contribution in [1.29, 1.82) is 0 Å². The number of allylic oxidation sites excluding steroid dienone is 2. The Morgan fingerprint density at radius 2 is 2.09 bits per heavy atom. The normalized spacial score (nSPS) is 24.5. The van der Waals surface area contributed by atoms with Crippen molar-refractivity contribution >= 4 is 17.6 Å². The van der Waals surface area contributed by atoms with Crippen molar-refractivity contribution in [2.24, 2.45) is 11.8 Å². The second-order valence-corrected chi connectivity index (χ2v) is 9.04. The molecule has 0 bridgehead atoms. The summed E-state index contributed by atoms with van der Waals surface area (Å²) in [7, 11) is 0. The van der Waals surface area contributed by atoms with Gasteiger partial charge in [0, 0.05) is 30.7 Å². The number of carboxylic acid groups (broad SMARTS) is 1. The van der Waals surface area contributed by atoms with Crippen LogP contribution in [0.4, 0.5) is 0 Å². The molecule has 2 rings (SSSR count). The Morgan fingerprint density at radius 1 is 1.31 bits per heavy atom. The molecule has 1 aromatic carbocycles. The van der Waals surface area contributed by atoms with E-state index in [1.165, 1.54) is 5.56 Å². The quantitative estimate of drug-likeness (QED) is 0.214. The summed E-state index contributed by atoms with van der Waals surface area (Å²) >= 11 is 6.49. The lowest BCUT2D eigenvalue weighted by Gasteiger charge is -2.19. The van der Waals surface area contributed by atoms with Crippen LogP contribution in [0.3, 0.4) is 0 Å². The molecule has 6 heteroatoms. The number of ether oxygens (including phenoxy) is 1. The van der Waals surface area contributed by atoms with Gasteiger partial charge in [0.15, 0.2) is 0 Å². The number of alkyl halides is 1. The Hall–Kier alpha value is -1.66. The van der Waals surface area contributed by atoms with Crippen molar-refractivity contribution in [2.75, 3.05) is 13.2 Å². The average molecular weight is 465 g/mol. The van der Waals surface area contributed by atoms with Crippen LogP contribution < -0.4 is 0 Å². The molecular formula is C26H37ClO5. The molecule has 3 N–H and O–H groups in total. The highest BCUT2D eigenvalue weighted by molar-refractivity contribution is 6.21. The van der Waals surface area contributed by atoms with E-state index in [0.717, 1.165) is 24.8 Å². The first-order chi connectivity index (χ1) is 15.4. The third kappa shape index (κ3) is 9.45. The molecular weight excluding hydrogens is 428 g/mol. The van der Waals surface area contributed by atoms with Crippen LogP contribution in [0.15, 0.2) is 48.6 Å². The van der Waals surface area contributed by atoms with Crippen LogP contribution in [0, 0.1) is 11.8 Å². The summed E-state index contributed by atoms with van der Waals surface area (Å²) in [5.41, 5.74) is 2.26. The Kier molecular flexibility index (Phi) is 12.0. The summed E-state index contributed by atoms with van der Waals surface area (Å²) in [6.45, 7) is 3.38. The van der Waals surface area contributed by atoms with Gasteiger partial charge in [0.05, 0.1) is 18.8 Å². The number of unbranched alkanes of at least 4 members (excludes halogenated alkanes) is 1. The van der Waals surface area contributed by atoms with Crippen molar-refractivity contribution in [3.8, 4) is 0 Å². The van der Waals surface area contributed by atoms with Crippen LogP contribution in [-0.2, 0) is 22.4 Å². The number of carboxylic acids is 1. The maximum Gasteiger partial charge on any atom is 0.303 e. The van der Waals surface area contributed by atoms with Crippen molar-refractivity contribution < 1.29 is 24.9 Å². The van der Waals surface area contributed by atoms with E-state index in [0.29, 0.717) is 32.5 Å². The van der Waals surface area contributed by atoms with Crippen molar-refractivity contribution in [2.45, 2.75) is 69.5 Å². The Balaban J connectivity index is 1.88. The molecule has 0 aliphatic heterocycles. The fourth-order valence-corrected chi connectivity index (χ4v) is 4.67. The molecule has 5 nitrogen and oxygen atoms in total. The van der Waals surface area contributed by atoms with Crippen LogP contribution >= 0.6 is 11.6 Å². The van der Waals surface area contributed by atoms with E-state index in [9.17, 15) is 15.0 Å². The van der Waals surface area contributed by atoms with Crippen LogP contribution in [0.25, 0.3) is 0 Å². The van der Waals surface area contributed by atoms with Crippen molar-refractivity contribution in [3.05, 3.63) is 59.7 Å². The number of aliphatic carboxylic acids is 1. The van der Waals surface area contributed by atoms with E-state index in [4.69, 9.17) is 21.4 Å². The number of aliphatic hydroxyl groups is 2. The van der Waals surface area contributed by atoms with E-state index < -0.39 is 18.2 Å². The van der Waals surface area contributed by atoms with E-state index >= 15 is 0 Å². The van der Waals surface area contributed by atoms with Gasteiger partial charge >= 0.3 is 5.97 Å². The minimum atomic E-state index is -0.779. The maximum atomic E-state index is 10.6. The van der Waals surface area contributed by atoms with Crippen molar-refractivity contribution in [3.63, 3.8) is 0 Å². The average Bonchev–Trinajstić information content (AvgIpc) is 3.01. The molecule has 0 saturated heterocycles. The second-order valence-electron chi connectivity index (χ2n) is 8.48. The predicted octanol–water partition coefficient (Wildman–Crippen LogP) is 4.53. The molecule has 1 fully saturated rings. The molecule has 0 unspecified atom stereocenters. The van der Waals surface area contributed by atoms with Gasteiger partial charge < -0.3 is 20.1 Å². The van der Waals surface area contributed by atoms with Crippen LogP contribution in [-0.4, -0.2) is 52.1 Å². The van der Waals surface area contributed by atoms with Gasteiger partial charge in [-0.3, -0.25) is 4.79 Å². The van der Waals surface area contributed by atoms with E-state index in [1.54, 1.807) is 6.08 Å². The molecule has 1 saturated carbocycles. The molecule has 0 heterocycles. The van der Waals surface area contributed by atoms with Gasteiger partial charge in [-0.1, -0.05) is 48.6 Å². The Labute approximate surface area is 196 Å². The molecule has 32 heavy (non-hydrogen) atoms. The van der Waals surface area contributed by atoms with Gasteiger partial charge in [0.2, 0.25) is 0 Å². The highest BCUT2D eigenvalue weighted by Crippen LogP contribution is 2.39. The minimum absolute atomic E-state index is 0.0905. The zero-order valence-electron chi connectivity index (χ0n) is 18.9. The molecule has 0 spiro atoms. The molecule has 0 radical (unpaired) electrons. The van der Waals surface area contributed by atoms with Gasteiger partial charge in [-0.2, -0.15) is 0 Å². The maximum absolute atomic E-state index is 10.6. The van der Waals surface area contributed by atoms with E-state index in [2.05, 4.69) is 12.1 Å². The van der Waals surface area contributed by atoms with Crippen molar-refractivity contribution in [1.82, 2.24) is 0 Å². The summed E-state index contributed by atoms with van der Waals surface area (Å²) in [6.07, 6.45) is 10.7. The summed E-state index contributed by atoms with van der Waals surface area (Å²) in [4.78, 5) is 10.6.